The van der Waals surface area contributed by atoms with Crippen molar-refractivity contribution in [1.29, 1.82) is 0 Å². The summed E-state index contributed by atoms with van der Waals surface area (Å²) in [6.07, 6.45) is 0.914. The molecule has 72 valence electrons. The first-order chi connectivity index (χ1) is 6.02. The average molecular weight is 182 g/mol. The van der Waals surface area contributed by atoms with Crippen molar-refractivity contribution in [2.75, 3.05) is 0 Å². The largest absolute Gasteiger partial charge is 0.391 e. The van der Waals surface area contributed by atoms with Crippen LogP contribution in [-0.4, -0.2) is 20.8 Å². The Morgan fingerprint density at radius 3 is 2.62 bits per heavy atom. The second-order valence-corrected chi connectivity index (χ2v) is 3.26. The van der Waals surface area contributed by atoms with Crippen molar-refractivity contribution >= 4 is 0 Å². The van der Waals surface area contributed by atoms with E-state index in [1.165, 1.54) is 17.0 Å². The van der Waals surface area contributed by atoms with E-state index in [0.717, 1.165) is 0 Å². The summed E-state index contributed by atoms with van der Waals surface area (Å²) in [5.41, 5.74) is 0.569. The van der Waals surface area contributed by atoms with Crippen LogP contribution in [0, 0.1) is 6.92 Å². The second-order valence-electron chi connectivity index (χ2n) is 3.26. The molecule has 0 spiro atoms. The van der Waals surface area contributed by atoms with Gasteiger partial charge in [-0.05, 0) is 20.8 Å². The maximum Gasteiger partial charge on any atom is 0.253 e. The third-order valence-corrected chi connectivity index (χ3v) is 2.11. The minimum absolute atomic E-state index is 0.124. The molecule has 0 amide bonds. The molecule has 1 aromatic rings. The van der Waals surface area contributed by atoms with E-state index in [4.69, 9.17) is 0 Å². The Labute approximate surface area is 76.9 Å². The van der Waals surface area contributed by atoms with Crippen LogP contribution in [0.4, 0.5) is 0 Å². The van der Waals surface area contributed by atoms with Gasteiger partial charge < -0.3 is 5.11 Å². The quantitative estimate of drug-likeness (QED) is 0.724. The molecule has 1 aromatic heterocycles. The molecule has 1 N–H and O–H groups in total. The summed E-state index contributed by atoms with van der Waals surface area (Å²) in [5.74, 6) is 0. The van der Waals surface area contributed by atoms with Gasteiger partial charge in [0.1, 0.15) is 0 Å². The van der Waals surface area contributed by atoms with E-state index < -0.39 is 6.10 Å². The molecule has 0 saturated carbocycles. The number of aromatic nitrogens is 2. The Bertz CT molecular complexity index is 344. The molecule has 0 fully saturated rings. The van der Waals surface area contributed by atoms with Crippen molar-refractivity contribution in [1.82, 2.24) is 9.55 Å². The Morgan fingerprint density at radius 2 is 2.15 bits per heavy atom. The van der Waals surface area contributed by atoms with E-state index in [1.807, 2.05) is 0 Å². The summed E-state index contributed by atoms with van der Waals surface area (Å²) in [6, 6.07) is 1.22. The van der Waals surface area contributed by atoms with E-state index in [9.17, 15) is 9.90 Å². The van der Waals surface area contributed by atoms with Crippen molar-refractivity contribution in [2.24, 2.45) is 0 Å². The molecule has 1 rings (SSSR count). The van der Waals surface area contributed by atoms with Gasteiger partial charge in [0, 0.05) is 11.8 Å². The van der Waals surface area contributed by atoms with Gasteiger partial charge in [0.25, 0.3) is 5.56 Å². The lowest BCUT2D eigenvalue weighted by Gasteiger charge is -2.16. The normalized spacial score (nSPS) is 15.4. The smallest absolute Gasteiger partial charge is 0.253 e. The molecule has 2 atom stereocenters. The highest BCUT2D eigenvalue weighted by molar-refractivity contribution is 4.97. The summed E-state index contributed by atoms with van der Waals surface area (Å²) in [7, 11) is 0. The molecule has 4 heteroatoms. The predicted octanol–water partition coefficient (Wildman–Crippen LogP) is 0.494. The molecule has 13 heavy (non-hydrogen) atoms. The molecular weight excluding hydrogens is 168 g/mol. The Kier molecular flexibility index (Phi) is 2.83. The predicted molar refractivity (Wildman–Crippen MR) is 49.6 cm³/mol. The molecule has 0 aliphatic carbocycles. The van der Waals surface area contributed by atoms with E-state index in [1.54, 1.807) is 20.8 Å². The van der Waals surface area contributed by atoms with E-state index in [2.05, 4.69) is 4.98 Å². The lowest BCUT2D eigenvalue weighted by molar-refractivity contribution is 0.136. The lowest BCUT2D eigenvalue weighted by atomic mass is 10.2. The third-order valence-electron chi connectivity index (χ3n) is 2.11. The van der Waals surface area contributed by atoms with Gasteiger partial charge in [0.2, 0.25) is 0 Å². The van der Waals surface area contributed by atoms with Crippen molar-refractivity contribution in [3.8, 4) is 0 Å². The Balaban J connectivity index is 3.09. The number of hydrogen-bond acceptors (Lipinski definition) is 3. The van der Waals surface area contributed by atoms with E-state index >= 15 is 0 Å². The fourth-order valence-electron chi connectivity index (χ4n) is 1.04. The first-order valence-electron chi connectivity index (χ1n) is 4.25. The van der Waals surface area contributed by atoms with Crippen LogP contribution in [0.25, 0.3) is 0 Å². The van der Waals surface area contributed by atoms with Crippen LogP contribution in [0.3, 0.4) is 0 Å². The molecule has 0 aliphatic rings. The number of rotatable bonds is 2. The first-order valence-corrected chi connectivity index (χ1v) is 4.25. The Hall–Kier alpha value is -1.16. The number of aryl methyl sites for hydroxylation is 1. The summed E-state index contributed by atoms with van der Waals surface area (Å²) >= 11 is 0. The average Bonchev–Trinajstić information content (AvgIpc) is 2.03. The van der Waals surface area contributed by atoms with Crippen LogP contribution >= 0.6 is 0 Å². The van der Waals surface area contributed by atoms with Gasteiger partial charge in [0.15, 0.2) is 0 Å². The van der Waals surface area contributed by atoms with Crippen LogP contribution in [0.2, 0.25) is 0 Å². The van der Waals surface area contributed by atoms with Crippen LogP contribution in [0.1, 0.15) is 25.6 Å². The zero-order valence-corrected chi connectivity index (χ0v) is 8.06. The number of hydrogen-bond donors (Lipinski definition) is 1. The molecular formula is C9H14N2O2. The number of nitrogens with zero attached hydrogens (tertiary/aromatic N) is 2. The van der Waals surface area contributed by atoms with Gasteiger partial charge in [-0.25, -0.2) is 4.98 Å². The molecule has 0 radical (unpaired) electrons. The van der Waals surface area contributed by atoms with Crippen molar-refractivity contribution in [3.05, 3.63) is 28.4 Å². The zero-order valence-electron chi connectivity index (χ0n) is 8.06. The highest BCUT2D eigenvalue weighted by Crippen LogP contribution is 2.06. The molecule has 0 saturated heterocycles. The van der Waals surface area contributed by atoms with Gasteiger partial charge in [-0.3, -0.25) is 9.36 Å². The maximum absolute atomic E-state index is 11.4. The van der Waals surface area contributed by atoms with Crippen molar-refractivity contribution in [2.45, 2.75) is 32.9 Å². The summed E-state index contributed by atoms with van der Waals surface area (Å²) < 4.78 is 1.43. The second kappa shape index (κ2) is 3.70. The number of aliphatic hydroxyl groups excluding tert-OH is 1. The monoisotopic (exact) mass is 182 g/mol. The molecule has 0 bridgehead atoms. The first kappa shape index (κ1) is 9.92. The molecule has 1 heterocycles. The van der Waals surface area contributed by atoms with Crippen LogP contribution < -0.4 is 5.56 Å². The van der Waals surface area contributed by atoms with Gasteiger partial charge in [-0.2, -0.15) is 0 Å². The van der Waals surface area contributed by atoms with Crippen LogP contribution in [0.15, 0.2) is 17.2 Å². The fraction of sp³-hybridized carbons (Fsp3) is 0.556. The highest BCUT2D eigenvalue weighted by atomic mass is 16.3. The van der Waals surface area contributed by atoms with Gasteiger partial charge in [0.05, 0.1) is 18.5 Å². The van der Waals surface area contributed by atoms with Crippen molar-refractivity contribution in [3.63, 3.8) is 0 Å². The molecule has 0 aromatic carbocycles. The minimum Gasteiger partial charge on any atom is -0.391 e. The number of aliphatic hydroxyl groups is 1. The van der Waals surface area contributed by atoms with Gasteiger partial charge in [-0.15, -0.1) is 0 Å². The molecule has 4 nitrogen and oxygen atoms in total. The fourth-order valence-corrected chi connectivity index (χ4v) is 1.04. The Morgan fingerprint density at radius 1 is 1.54 bits per heavy atom. The van der Waals surface area contributed by atoms with Gasteiger partial charge >= 0.3 is 0 Å². The maximum atomic E-state index is 11.4. The van der Waals surface area contributed by atoms with Gasteiger partial charge in [-0.1, -0.05) is 0 Å². The SMILES string of the molecule is Cc1cc(=O)n(C(C)C(C)O)cn1. The van der Waals surface area contributed by atoms with Crippen LogP contribution in [-0.2, 0) is 0 Å². The summed E-state index contributed by atoms with van der Waals surface area (Å²) in [6.45, 7) is 5.19. The standard InChI is InChI=1S/C9H14N2O2/c1-6-4-9(13)11(5-10-6)7(2)8(3)12/h4-5,7-8,12H,1-3H3. The minimum atomic E-state index is -0.554. The third kappa shape index (κ3) is 2.15. The summed E-state index contributed by atoms with van der Waals surface area (Å²) in [5, 5.41) is 9.28. The molecule has 2 unspecified atom stereocenters. The van der Waals surface area contributed by atoms with E-state index in [-0.39, 0.29) is 11.6 Å². The van der Waals surface area contributed by atoms with Crippen LogP contribution in [0.5, 0.6) is 0 Å². The summed E-state index contributed by atoms with van der Waals surface area (Å²) in [4.78, 5) is 15.4. The zero-order chi connectivity index (χ0) is 10.0. The van der Waals surface area contributed by atoms with Crippen molar-refractivity contribution < 1.29 is 5.11 Å². The topological polar surface area (TPSA) is 55.1 Å². The van der Waals surface area contributed by atoms with E-state index in [0.29, 0.717) is 5.69 Å². The lowest BCUT2D eigenvalue weighted by Crippen LogP contribution is -2.29. The highest BCUT2D eigenvalue weighted by Gasteiger charge is 2.11. The molecule has 0 aliphatic heterocycles.